The average molecular weight is 982 g/mol. The zero-order chi connectivity index (χ0) is 50.6. The van der Waals surface area contributed by atoms with Crippen molar-refractivity contribution in [3.05, 3.63) is 109 Å². The number of nitrogens with zero attached hydrogens (tertiary/aromatic N) is 1. The Morgan fingerprint density at radius 3 is 1.28 bits per heavy atom. The zero-order valence-electron chi connectivity index (χ0n) is 45.0. The molecular formula is C60H106N2O6P+. The van der Waals surface area contributed by atoms with Gasteiger partial charge in [0.1, 0.15) is 13.2 Å². The average Bonchev–Trinajstić information content (AvgIpc) is 3.31. The predicted molar refractivity (Wildman–Crippen MR) is 299 cm³/mol. The molecule has 0 radical (unpaired) electrons. The minimum atomic E-state index is -4.32. The smallest absolute Gasteiger partial charge is 0.391 e. The van der Waals surface area contributed by atoms with Crippen LogP contribution in [0.1, 0.15) is 213 Å². The molecule has 0 aliphatic rings. The fourth-order valence-electron chi connectivity index (χ4n) is 7.45. The number of amides is 1. The third-order valence-electron chi connectivity index (χ3n) is 11.8. The van der Waals surface area contributed by atoms with Gasteiger partial charge in [-0.1, -0.05) is 232 Å². The van der Waals surface area contributed by atoms with Crippen LogP contribution in [0, 0.1) is 0 Å². The highest BCUT2D eigenvalue weighted by atomic mass is 31.2. The zero-order valence-corrected chi connectivity index (χ0v) is 45.9. The Morgan fingerprint density at radius 2 is 0.870 bits per heavy atom. The van der Waals surface area contributed by atoms with Crippen LogP contribution in [0.5, 0.6) is 0 Å². The molecule has 396 valence electrons. The lowest BCUT2D eigenvalue weighted by Crippen LogP contribution is -2.46. The molecule has 0 aromatic rings. The van der Waals surface area contributed by atoms with E-state index in [2.05, 4.69) is 129 Å². The maximum Gasteiger partial charge on any atom is 0.472 e. The number of likely N-dealkylation sites (N-methyl/N-ethyl adjacent to an activating group) is 1. The first-order valence-corrected chi connectivity index (χ1v) is 29.2. The molecule has 0 aliphatic carbocycles. The summed E-state index contributed by atoms with van der Waals surface area (Å²) in [7, 11) is 1.60. The molecule has 0 rings (SSSR count). The molecule has 0 saturated heterocycles. The lowest BCUT2D eigenvalue weighted by atomic mass is 10.0. The number of carbonyl (C=O) groups is 1. The second-order valence-electron chi connectivity index (χ2n) is 19.6. The number of carbonyl (C=O) groups excluding carboxylic acids is 1. The van der Waals surface area contributed by atoms with E-state index in [1.54, 1.807) is 0 Å². The molecule has 1 amide bonds. The number of phosphoric ester groups is 1. The van der Waals surface area contributed by atoms with Gasteiger partial charge < -0.3 is 19.8 Å². The van der Waals surface area contributed by atoms with Gasteiger partial charge in [0.2, 0.25) is 5.91 Å². The summed E-state index contributed by atoms with van der Waals surface area (Å²) in [6.07, 6.45) is 72.9. The van der Waals surface area contributed by atoms with Crippen LogP contribution < -0.4 is 5.32 Å². The van der Waals surface area contributed by atoms with Crippen molar-refractivity contribution in [2.24, 2.45) is 0 Å². The topological polar surface area (TPSA) is 105 Å². The normalized spacial score (nSPS) is 14.8. The molecule has 0 aromatic heterocycles. The largest absolute Gasteiger partial charge is 0.472 e. The number of phosphoric acid groups is 1. The summed E-state index contributed by atoms with van der Waals surface area (Å²) in [4.78, 5) is 23.2. The van der Waals surface area contributed by atoms with Crippen LogP contribution in [0.3, 0.4) is 0 Å². The van der Waals surface area contributed by atoms with E-state index in [0.29, 0.717) is 23.9 Å². The van der Waals surface area contributed by atoms with Gasteiger partial charge in [-0.15, -0.1) is 0 Å². The highest BCUT2D eigenvalue weighted by molar-refractivity contribution is 7.47. The van der Waals surface area contributed by atoms with E-state index in [0.717, 1.165) is 103 Å². The van der Waals surface area contributed by atoms with E-state index in [9.17, 15) is 19.4 Å². The van der Waals surface area contributed by atoms with E-state index in [1.165, 1.54) is 83.5 Å². The maximum atomic E-state index is 12.9. The molecule has 0 spiro atoms. The first-order valence-electron chi connectivity index (χ1n) is 27.8. The molecule has 0 bridgehead atoms. The Bertz CT molecular complexity index is 1490. The summed E-state index contributed by atoms with van der Waals surface area (Å²) in [6, 6.07) is -0.769. The molecule has 8 nitrogen and oxygen atoms in total. The molecule has 9 heteroatoms. The van der Waals surface area contributed by atoms with Crippen molar-refractivity contribution >= 4 is 13.7 Å². The van der Waals surface area contributed by atoms with Crippen molar-refractivity contribution in [1.29, 1.82) is 0 Å². The van der Waals surface area contributed by atoms with Crippen molar-refractivity contribution in [2.75, 3.05) is 40.9 Å². The highest BCUT2D eigenvalue weighted by Gasteiger charge is 2.28. The molecule has 3 atom stereocenters. The van der Waals surface area contributed by atoms with Crippen molar-refractivity contribution in [2.45, 2.75) is 225 Å². The molecular weight excluding hydrogens is 876 g/mol. The van der Waals surface area contributed by atoms with Crippen molar-refractivity contribution in [3.8, 4) is 0 Å². The summed E-state index contributed by atoms with van der Waals surface area (Å²) >= 11 is 0. The van der Waals surface area contributed by atoms with E-state index < -0.39 is 20.0 Å². The van der Waals surface area contributed by atoms with Gasteiger partial charge >= 0.3 is 7.82 Å². The monoisotopic (exact) mass is 982 g/mol. The van der Waals surface area contributed by atoms with Gasteiger partial charge in [-0.05, 0) is 83.5 Å². The van der Waals surface area contributed by atoms with E-state index in [1.807, 2.05) is 21.1 Å². The Morgan fingerprint density at radius 1 is 0.507 bits per heavy atom. The fraction of sp³-hybridized carbons (Fsp3) is 0.683. The number of nitrogens with one attached hydrogen (secondary N) is 1. The van der Waals surface area contributed by atoms with Gasteiger partial charge in [-0.25, -0.2) is 4.57 Å². The summed E-state index contributed by atoms with van der Waals surface area (Å²) < 4.78 is 23.6. The third kappa shape index (κ3) is 52.8. The first kappa shape index (κ1) is 66.2. The van der Waals surface area contributed by atoms with Crippen LogP contribution in [-0.4, -0.2) is 73.4 Å². The van der Waals surface area contributed by atoms with Gasteiger partial charge in [-0.2, -0.15) is 0 Å². The van der Waals surface area contributed by atoms with E-state index in [4.69, 9.17) is 9.05 Å². The van der Waals surface area contributed by atoms with Crippen LogP contribution in [0.25, 0.3) is 0 Å². The number of aliphatic hydroxyl groups is 1. The number of allylic oxidation sites excluding steroid dienone is 18. The lowest BCUT2D eigenvalue weighted by molar-refractivity contribution is -0.870. The Hall–Kier alpha value is -2.84. The number of rotatable bonds is 49. The number of unbranched alkanes of at least 4 members (excludes halogenated alkanes) is 18. The summed E-state index contributed by atoms with van der Waals surface area (Å²) in [5, 5.41) is 14.0. The van der Waals surface area contributed by atoms with Crippen LogP contribution in [0.15, 0.2) is 109 Å². The molecule has 3 N–H and O–H groups in total. The number of hydrogen-bond donors (Lipinski definition) is 3. The Kier molecular flexibility index (Phi) is 48.1. The molecule has 0 fully saturated rings. The predicted octanol–water partition coefficient (Wildman–Crippen LogP) is 16.8. The molecule has 3 unspecified atom stereocenters. The van der Waals surface area contributed by atoms with Crippen LogP contribution >= 0.6 is 7.82 Å². The molecule has 0 saturated carbocycles. The van der Waals surface area contributed by atoms with Gasteiger partial charge in [0.15, 0.2) is 0 Å². The number of aliphatic hydroxyl groups excluding tert-OH is 1. The van der Waals surface area contributed by atoms with E-state index in [-0.39, 0.29) is 19.1 Å². The van der Waals surface area contributed by atoms with Crippen molar-refractivity contribution in [1.82, 2.24) is 5.32 Å². The highest BCUT2D eigenvalue weighted by Crippen LogP contribution is 2.43. The number of hydrogen-bond acceptors (Lipinski definition) is 5. The molecule has 0 aromatic carbocycles. The molecule has 0 aliphatic heterocycles. The van der Waals surface area contributed by atoms with Crippen LogP contribution in [-0.2, 0) is 18.4 Å². The Balaban J connectivity index is 4.06. The Labute approximate surface area is 425 Å². The first-order chi connectivity index (χ1) is 33.5. The second-order valence-corrected chi connectivity index (χ2v) is 21.0. The standard InChI is InChI=1S/C60H105N2O6P/c1-6-8-10-12-14-16-18-19-20-21-22-23-24-25-26-27-28-29-30-31-32-33-34-35-36-37-38-39-40-41-42-43-44-46-48-50-52-54-60(64)61-58(57-68-69(65,66)67-56-55-62(3,4)5)59(63)53-51-49-47-45-17-15-13-11-9-7-2/h8,10,14,16,19-20,22-23,25-26,28-29,31-32,34-35,37-38,58-59,63H,6-7,9,11-13,15,17-18,21,24,27,30,33,36,39-57H2,1-5H3,(H-,61,64,65,66)/p+1/b10-8-,16-14-,20-19-,23-22-,26-25-,29-28-,32-31-,35-34-,38-37-. The molecule has 69 heavy (non-hydrogen) atoms. The minimum Gasteiger partial charge on any atom is -0.391 e. The summed E-state index contributed by atoms with van der Waals surface area (Å²) in [6.45, 7) is 4.73. The van der Waals surface area contributed by atoms with Crippen LogP contribution in [0.2, 0.25) is 0 Å². The van der Waals surface area contributed by atoms with Gasteiger partial charge in [-0.3, -0.25) is 13.8 Å². The number of quaternary nitrogens is 1. The van der Waals surface area contributed by atoms with Crippen molar-refractivity contribution < 1.29 is 32.9 Å². The lowest BCUT2D eigenvalue weighted by Gasteiger charge is -2.26. The molecule has 0 heterocycles. The van der Waals surface area contributed by atoms with Gasteiger partial charge in [0.25, 0.3) is 0 Å². The summed E-state index contributed by atoms with van der Waals surface area (Å²) in [5.74, 6) is -0.157. The SMILES string of the molecule is CC/C=C\C/C=C\C/C=C\C/C=C\C/C=C\C/C=C\C/C=C\C/C=C\C/C=C\CCCCCCCCCCCC(=O)NC(COP(=O)(O)OCC[N+](C)(C)C)C(O)CCCCCCCCCCCC. The second kappa shape index (κ2) is 50.1. The van der Waals surface area contributed by atoms with Crippen LogP contribution in [0.4, 0.5) is 0 Å². The third-order valence-corrected chi connectivity index (χ3v) is 12.8. The van der Waals surface area contributed by atoms with Crippen molar-refractivity contribution in [3.63, 3.8) is 0 Å². The summed E-state index contributed by atoms with van der Waals surface area (Å²) in [5.41, 5.74) is 0. The van der Waals surface area contributed by atoms with Gasteiger partial charge in [0.05, 0.1) is 39.9 Å². The quantitative estimate of drug-likeness (QED) is 0.0243. The fourth-order valence-corrected chi connectivity index (χ4v) is 8.19. The van der Waals surface area contributed by atoms with Gasteiger partial charge in [0, 0.05) is 6.42 Å². The maximum absolute atomic E-state index is 12.9. The van der Waals surface area contributed by atoms with E-state index >= 15 is 0 Å². The minimum absolute atomic E-state index is 0.0683.